The fourth-order valence-electron chi connectivity index (χ4n) is 2.80. The number of aryl methyl sites for hydroxylation is 1. The van der Waals surface area contributed by atoms with E-state index in [2.05, 4.69) is 5.32 Å². The van der Waals surface area contributed by atoms with E-state index in [1.165, 1.54) is 0 Å². The molecule has 128 valence electrons. The van der Waals surface area contributed by atoms with Crippen LogP contribution in [-0.2, 0) is 6.54 Å². The molecule has 0 bridgehead atoms. The van der Waals surface area contributed by atoms with Gasteiger partial charge in [-0.1, -0.05) is 12.1 Å². The average Bonchev–Trinajstić information content (AvgIpc) is 2.93. The standard InChI is InChI=1S/C18H28N2O3/c1-13-7-8-14(16(10-13)23-18(2,3)4)11-19-17(22)20-9-5-6-15(20)12-21/h7-8,10,15,21H,5-6,9,11-12H2,1-4H3,(H,19,22)/t15-/m0/s1. The highest BCUT2D eigenvalue weighted by Gasteiger charge is 2.28. The quantitative estimate of drug-likeness (QED) is 0.897. The molecular weight excluding hydrogens is 292 g/mol. The molecule has 23 heavy (non-hydrogen) atoms. The molecule has 0 unspecified atom stereocenters. The Bertz CT molecular complexity index is 552. The number of benzene rings is 1. The number of aliphatic hydroxyl groups is 1. The van der Waals surface area contributed by atoms with Gasteiger partial charge in [-0.3, -0.25) is 0 Å². The smallest absolute Gasteiger partial charge is 0.317 e. The van der Waals surface area contributed by atoms with E-state index in [4.69, 9.17) is 4.74 Å². The molecule has 1 aromatic carbocycles. The Morgan fingerprint density at radius 1 is 1.43 bits per heavy atom. The zero-order chi connectivity index (χ0) is 17.0. The van der Waals surface area contributed by atoms with E-state index in [1.54, 1.807) is 4.90 Å². The molecule has 0 radical (unpaired) electrons. The van der Waals surface area contributed by atoms with Crippen LogP contribution in [0.25, 0.3) is 0 Å². The zero-order valence-electron chi connectivity index (χ0n) is 14.6. The third-order valence-corrected chi connectivity index (χ3v) is 3.92. The van der Waals surface area contributed by atoms with Crippen LogP contribution >= 0.6 is 0 Å². The minimum absolute atomic E-state index is 0.0241. The fourth-order valence-corrected chi connectivity index (χ4v) is 2.80. The van der Waals surface area contributed by atoms with Crippen molar-refractivity contribution in [2.75, 3.05) is 13.2 Å². The number of nitrogens with one attached hydrogen (secondary N) is 1. The van der Waals surface area contributed by atoms with Crippen LogP contribution in [0.2, 0.25) is 0 Å². The molecule has 5 heteroatoms. The summed E-state index contributed by atoms with van der Waals surface area (Å²) in [5.41, 5.74) is 1.79. The van der Waals surface area contributed by atoms with Crippen molar-refractivity contribution in [2.45, 2.75) is 58.7 Å². The molecule has 1 fully saturated rings. The zero-order valence-corrected chi connectivity index (χ0v) is 14.6. The van der Waals surface area contributed by atoms with Crippen molar-refractivity contribution in [3.63, 3.8) is 0 Å². The summed E-state index contributed by atoms with van der Waals surface area (Å²) in [5, 5.41) is 12.3. The van der Waals surface area contributed by atoms with Gasteiger partial charge in [-0.25, -0.2) is 4.79 Å². The molecule has 2 N–H and O–H groups in total. The number of likely N-dealkylation sites (tertiary alicyclic amines) is 1. The van der Waals surface area contributed by atoms with E-state index in [0.29, 0.717) is 13.1 Å². The van der Waals surface area contributed by atoms with Crippen LogP contribution < -0.4 is 10.1 Å². The van der Waals surface area contributed by atoms with Crippen LogP contribution in [-0.4, -0.2) is 40.8 Å². The number of carbonyl (C=O) groups is 1. The predicted octanol–water partition coefficient (Wildman–Crippen LogP) is 2.84. The van der Waals surface area contributed by atoms with Crippen LogP contribution in [0.4, 0.5) is 4.79 Å². The van der Waals surface area contributed by atoms with Crippen LogP contribution in [0.5, 0.6) is 5.75 Å². The van der Waals surface area contributed by atoms with Crippen LogP contribution in [0.3, 0.4) is 0 Å². The highest BCUT2D eigenvalue weighted by atomic mass is 16.5. The first-order chi connectivity index (χ1) is 10.8. The number of urea groups is 1. The largest absolute Gasteiger partial charge is 0.488 e. The van der Waals surface area contributed by atoms with Crippen molar-refractivity contribution in [2.24, 2.45) is 0 Å². The van der Waals surface area contributed by atoms with Crippen LogP contribution in [0, 0.1) is 6.92 Å². The summed E-state index contributed by atoms with van der Waals surface area (Å²) in [7, 11) is 0. The molecule has 2 amide bonds. The Morgan fingerprint density at radius 3 is 2.83 bits per heavy atom. The molecule has 0 aromatic heterocycles. The molecule has 1 heterocycles. The van der Waals surface area contributed by atoms with Gasteiger partial charge in [0, 0.05) is 18.7 Å². The van der Waals surface area contributed by atoms with Gasteiger partial charge in [0.05, 0.1) is 12.6 Å². The van der Waals surface area contributed by atoms with Gasteiger partial charge >= 0.3 is 6.03 Å². The first-order valence-electron chi connectivity index (χ1n) is 8.24. The van der Waals surface area contributed by atoms with Crippen LogP contribution in [0.1, 0.15) is 44.7 Å². The summed E-state index contributed by atoms with van der Waals surface area (Å²) in [6.07, 6.45) is 1.81. The Morgan fingerprint density at radius 2 is 2.17 bits per heavy atom. The molecule has 1 saturated heterocycles. The molecule has 0 aliphatic carbocycles. The highest BCUT2D eigenvalue weighted by Crippen LogP contribution is 2.25. The van der Waals surface area contributed by atoms with Crippen molar-refractivity contribution in [1.82, 2.24) is 10.2 Å². The molecular formula is C18H28N2O3. The summed E-state index contributed by atoms with van der Waals surface area (Å²) in [6.45, 7) is 9.19. The molecule has 5 nitrogen and oxygen atoms in total. The monoisotopic (exact) mass is 320 g/mol. The minimum Gasteiger partial charge on any atom is -0.488 e. The lowest BCUT2D eigenvalue weighted by Crippen LogP contribution is -2.43. The van der Waals surface area contributed by atoms with E-state index >= 15 is 0 Å². The SMILES string of the molecule is Cc1ccc(CNC(=O)N2CCC[C@H]2CO)c(OC(C)(C)C)c1. The van der Waals surface area contributed by atoms with Gasteiger partial charge in [0.1, 0.15) is 11.4 Å². The van der Waals surface area contributed by atoms with Gasteiger partial charge in [-0.15, -0.1) is 0 Å². The maximum absolute atomic E-state index is 12.3. The number of ether oxygens (including phenoxy) is 1. The molecule has 1 aliphatic rings. The summed E-state index contributed by atoms with van der Waals surface area (Å²) < 4.78 is 6.01. The molecule has 0 saturated carbocycles. The Kier molecular flexibility index (Phi) is 5.52. The van der Waals surface area contributed by atoms with Crippen molar-refractivity contribution in [1.29, 1.82) is 0 Å². The number of hydrogen-bond acceptors (Lipinski definition) is 3. The second-order valence-electron chi connectivity index (χ2n) is 7.16. The van der Waals surface area contributed by atoms with Gasteiger partial charge in [0.2, 0.25) is 0 Å². The normalized spacial score (nSPS) is 18.1. The molecule has 2 rings (SSSR count). The Hall–Kier alpha value is -1.75. The van der Waals surface area contributed by atoms with E-state index < -0.39 is 0 Å². The minimum atomic E-state index is -0.288. The number of rotatable bonds is 4. The second-order valence-corrected chi connectivity index (χ2v) is 7.16. The number of aliphatic hydroxyl groups excluding tert-OH is 1. The summed E-state index contributed by atoms with van der Waals surface area (Å²) in [5.74, 6) is 0.804. The topological polar surface area (TPSA) is 61.8 Å². The van der Waals surface area contributed by atoms with Gasteiger partial charge in [0.15, 0.2) is 0 Å². The number of amides is 2. The van der Waals surface area contributed by atoms with Gasteiger partial charge < -0.3 is 20.1 Å². The third-order valence-electron chi connectivity index (χ3n) is 3.92. The Balaban J connectivity index is 2.04. The summed E-state index contributed by atoms with van der Waals surface area (Å²) in [6, 6.07) is 5.83. The van der Waals surface area contributed by atoms with Gasteiger partial charge in [0.25, 0.3) is 0 Å². The number of carbonyl (C=O) groups excluding carboxylic acids is 1. The van der Waals surface area contributed by atoms with Crippen molar-refractivity contribution in [3.05, 3.63) is 29.3 Å². The number of nitrogens with zero attached hydrogens (tertiary/aromatic N) is 1. The van der Waals surface area contributed by atoms with E-state index in [-0.39, 0.29) is 24.3 Å². The van der Waals surface area contributed by atoms with E-state index in [1.807, 2.05) is 45.9 Å². The first-order valence-corrected chi connectivity index (χ1v) is 8.24. The fraction of sp³-hybridized carbons (Fsp3) is 0.611. The Labute approximate surface area is 138 Å². The van der Waals surface area contributed by atoms with Crippen molar-refractivity contribution < 1.29 is 14.6 Å². The molecule has 0 spiro atoms. The predicted molar refractivity (Wildman–Crippen MR) is 90.6 cm³/mol. The first kappa shape index (κ1) is 17.6. The second kappa shape index (κ2) is 7.21. The average molecular weight is 320 g/mol. The molecule has 1 atom stereocenters. The van der Waals surface area contributed by atoms with Gasteiger partial charge in [-0.2, -0.15) is 0 Å². The van der Waals surface area contributed by atoms with Crippen LogP contribution in [0.15, 0.2) is 18.2 Å². The molecule has 1 aromatic rings. The maximum atomic E-state index is 12.3. The van der Waals surface area contributed by atoms with Gasteiger partial charge in [-0.05, 0) is 52.2 Å². The highest BCUT2D eigenvalue weighted by molar-refractivity contribution is 5.75. The van der Waals surface area contributed by atoms with E-state index in [9.17, 15) is 9.90 Å². The lowest BCUT2D eigenvalue weighted by Gasteiger charge is -2.25. The lowest BCUT2D eigenvalue weighted by molar-refractivity contribution is 0.129. The summed E-state index contributed by atoms with van der Waals surface area (Å²) >= 11 is 0. The summed E-state index contributed by atoms with van der Waals surface area (Å²) in [4.78, 5) is 14.0. The molecule has 1 aliphatic heterocycles. The maximum Gasteiger partial charge on any atom is 0.317 e. The third kappa shape index (κ3) is 4.86. The van der Waals surface area contributed by atoms with E-state index in [0.717, 1.165) is 29.7 Å². The number of hydrogen-bond donors (Lipinski definition) is 2. The lowest BCUT2D eigenvalue weighted by atomic mass is 10.1. The van der Waals surface area contributed by atoms with Crippen molar-refractivity contribution in [3.8, 4) is 5.75 Å². The van der Waals surface area contributed by atoms with Crippen molar-refractivity contribution >= 4 is 6.03 Å².